The topological polar surface area (TPSA) is 23.8 Å². The van der Waals surface area contributed by atoms with Crippen molar-refractivity contribution in [1.82, 2.24) is 0 Å². The van der Waals surface area contributed by atoms with E-state index >= 15 is 0 Å². The molecule has 0 aromatic heterocycles. The van der Waals surface area contributed by atoms with Crippen LogP contribution in [0.5, 0.6) is 0 Å². The first-order valence-corrected chi connectivity index (χ1v) is 3.55. The van der Waals surface area contributed by atoms with E-state index in [2.05, 4.69) is 11.8 Å². The van der Waals surface area contributed by atoms with Crippen molar-refractivity contribution in [3.05, 3.63) is 0 Å². The summed E-state index contributed by atoms with van der Waals surface area (Å²) in [5.74, 6) is 0.697. The molecule has 0 saturated carbocycles. The van der Waals surface area contributed by atoms with E-state index in [-0.39, 0.29) is 0 Å². The van der Waals surface area contributed by atoms with Crippen LogP contribution in [-0.4, -0.2) is 0 Å². The zero-order chi connectivity index (χ0) is 5.21. The van der Waals surface area contributed by atoms with E-state index in [0.717, 1.165) is 0 Å². The predicted octanol–water partition coefficient (Wildman–Crippen LogP) is 1.72. The zero-order valence-corrected chi connectivity index (χ0v) is 4.27. The Hall–Kier alpha value is -0.0000000000000000278. The van der Waals surface area contributed by atoms with Crippen molar-refractivity contribution in [2.75, 3.05) is 0 Å². The maximum Gasteiger partial charge on any atom is 0.366 e. The lowest BCUT2D eigenvalue weighted by Gasteiger charge is -1.76. The van der Waals surface area contributed by atoms with E-state index in [0.29, 0.717) is 5.81 Å². The van der Waals surface area contributed by atoms with Gasteiger partial charge in [-0.1, -0.05) is 0 Å². The molecule has 0 saturated heterocycles. The molecule has 1 nitrogen and oxygen atoms in total. The molecule has 0 aliphatic heterocycles. The minimum absolute atomic E-state index is 0.697. The minimum atomic E-state index is -4.51. The van der Waals surface area contributed by atoms with Gasteiger partial charge in [-0.15, -0.1) is 0 Å². The molecule has 0 amide bonds. The molecule has 34 valence electrons. The van der Waals surface area contributed by atoms with Gasteiger partial charge in [0.15, 0.2) is 5.81 Å². The smallest absolute Gasteiger partial charge is 0.187 e. The third-order valence-electron chi connectivity index (χ3n) is 0.116. The maximum atomic E-state index is 11.0. The van der Waals surface area contributed by atoms with Crippen LogP contribution in [0, 0.1) is 11.1 Å². The van der Waals surface area contributed by atoms with E-state index in [4.69, 9.17) is 5.26 Å². The Bertz CT molecular complexity index is 120. The lowest BCUT2D eigenvalue weighted by atomic mass is 11.8. The van der Waals surface area contributed by atoms with E-state index in [1.165, 1.54) is 0 Å². The van der Waals surface area contributed by atoms with Crippen molar-refractivity contribution < 1.29 is 8.39 Å². The Kier molecular flexibility index (Phi) is 1.63. The Labute approximate surface area is 38.8 Å². The minimum Gasteiger partial charge on any atom is -0.187 e. The molecule has 6 heavy (non-hydrogen) atoms. The second kappa shape index (κ2) is 1.63. The van der Waals surface area contributed by atoms with Gasteiger partial charge in [0.25, 0.3) is 0 Å². The van der Waals surface area contributed by atoms with Gasteiger partial charge in [0.1, 0.15) is 0 Å². The standard InChI is InChI=1S/CF2NPS/c2-5(3,6)1-4. The van der Waals surface area contributed by atoms with Gasteiger partial charge in [0, 0.05) is 0 Å². The van der Waals surface area contributed by atoms with Gasteiger partial charge in [0.2, 0.25) is 0 Å². The molecule has 0 unspecified atom stereocenters. The highest BCUT2D eigenvalue weighted by Gasteiger charge is 2.07. The van der Waals surface area contributed by atoms with Crippen LogP contribution >= 0.6 is 6.66 Å². The van der Waals surface area contributed by atoms with Gasteiger partial charge in [-0.05, 0) is 11.8 Å². The molecule has 0 aliphatic rings. The van der Waals surface area contributed by atoms with Crippen LogP contribution in [0.25, 0.3) is 0 Å². The molecule has 0 aromatic carbocycles. The fraction of sp³-hybridized carbons (Fsp3) is 0. The largest absolute Gasteiger partial charge is 0.366 e. The number of rotatable bonds is 0. The van der Waals surface area contributed by atoms with E-state index in [1.807, 2.05) is 0 Å². The third-order valence-corrected chi connectivity index (χ3v) is 0.594. The molecule has 0 spiro atoms. The summed E-state index contributed by atoms with van der Waals surface area (Å²) in [7, 11) is 0. The van der Waals surface area contributed by atoms with Crippen LogP contribution in [-0.2, 0) is 11.8 Å². The summed E-state index contributed by atoms with van der Waals surface area (Å²) in [5, 5.41) is 7.35. The number of nitriles is 1. The van der Waals surface area contributed by atoms with Crippen LogP contribution in [0.3, 0.4) is 0 Å². The molecule has 0 N–H and O–H groups in total. The zero-order valence-electron chi connectivity index (χ0n) is 2.56. The quantitative estimate of drug-likeness (QED) is 0.462. The molecule has 0 heterocycles. The SMILES string of the molecule is N#CP(F)(F)=S. The summed E-state index contributed by atoms with van der Waals surface area (Å²) in [6, 6.07) is 0. The van der Waals surface area contributed by atoms with Crippen LogP contribution < -0.4 is 0 Å². The molecule has 0 fully saturated rings. The normalized spacial score (nSPS) is 10.2. The second-order valence-corrected chi connectivity index (χ2v) is 3.06. The highest BCUT2D eigenvalue weighted by molar-refractivity contribution is 8.11. The second-order valence-electron chi connectivity index (χ2n) is 0.562. The van der Waals surface area contributed by atoms with Gasteiger partial charge in [0.05, 0.1) is 0 Å². The van der Waals surface area contributed by atoms with Gasteiger partial charge in [-0.3, -0.25) is 0 Å². The highest BCUT2D eigenvalue weighted by atomic mass is 32.5. The molecular formula is CF2NPS. The highest BCUT2D eigenvalue weighted by Crippen LogP contribution is 2.47. The van der Waals surface area contributed by atoms with Crippen molar-refractivity contribution >= 4 is 18.5 Å². The Morgan fingerprint density at radius 2 is 1.83 bits per heavy atom. The molecule has 0 aromatic rings. The molecule has 0 radical (unpaired) electrons. The van der Waals surface area contributed by atoms with E-state index in [9.17, 15) is 8.39 Å². The maximum absolute atomic E-state index is 11.0. The summed E-state index contributed by atoms with van der Waals surface area (Å²) in [6.45, 7) is -4.51. The van der Waals surface area contributed by atoms with Crippen LogP contribution in [0.15, 0.2) is 0 Å². The summed E-state index contributed by atoms with van der Waals surface area (Å²) >= 11 is 3.40. The molecule has 0 aliphatic carbocycles. The Balaban J connectivity index is 3.94. The molecule has 0 bridgehead atoms. The number of nitrogens with zero attached hydrogens (tertiary/aromatic N) is 1. The third kappa shape index (κ3) is 4.00. The molecule has 5 heteroatoms. The van der Waals surface area contributed by atoms with Crippen LogP contribution in [0.2, 0.25) is 0 Å². The first kappa shape index (κ1) is 6.00. The van der Waals surface area contributed by atoms with Crippen molar-refractivity contribution in [3.63, 3.8) is 0 Å². The first-order chi connectivity index (χ1) is 2.56. The number of halogens is 2. The average molecular weight is 127 g/mol. The lowest BCUT2D eigenvalue weighted by molar-refractivity contribution is 0.760. The average Bonchev–Trinajstić information content (AvgIpc) is 1.35. The Morgan fingerprint density at radius 1 is 1.67 bits per heavy atom. The summed E-state index contributed by atoms with van der Waals surface area (Å²) in [4.78, 5) is 0. The van der Waals surface area contributed by atoms with Crippen molar-refractivity contribution in [1.29, 1.82) is 5.26 Å². The number of hydrogen-bond acceptors (Lipinski definition) is 2. The summed E-state index contributed by atoms with van der Waals surface area (Å²) in [6.07, 6.45) is 0. The monoisotopic (exact) mass is 127 g/mol. The summed E-state index contributed by atoms with van der Waals surface area (Å²) < 4.78 is 22.0. The van der Waals surface area contributed by atoms with Gasteiger partial charge >= 0.3 is 6.66 Å². The van der Waals surface area contributed by atoms with Crippen molar-refractivity contribution in [2.45, 2.75) is 0 Å². The predicted molar refractivity (Wildman–Crippen MR) is 22.1 cm³/mol. The number of hydrogen-bond donors (Lipinski definition) is 0. The molecular weight excluding hydrogens is 127 g/mol. The Morgan fingerprint density at radius 3 is 1.83 bits per heavy atom. The van der Waals surface area contributed by atoms with Crippen LogP contribution in [0.4, 0.5) is 8.39 Å². The van der Waals surface area contributed by atoms with Crippen molar-refractivity contribution in [2.24, 2.45) is 0 Å². The van der Waals surface area contributed by atoms with E-state index < -0.39 is 6.66 Å². The van der Waals surface area contributed by atoms with Crippen molar-refractivity contribution in [3.8, 4) is 5.81 Å². The van der Waals surface area contributed by atoms with Gasteiger partial charge < -0.3 is 0 Å². The fourth-order valence-electron chi connectivity index (χ4n) is 0. The fourth-order valence-corrected chi connectivity index (χ4v) is 0. The molecule has 0 atom stereocenters. The van der Waals surface area contributed by atoms with Gasteiger partial charge in [-0.2, -0.15) is 13.7 Å². The lowest BCUT2D eigenvalue weighted by Crippen LogP contribution is -1.42. The van der Waals surface area contributed by atoms with Gasteiger partial charge in [-0.25, -0.2) is 0 Å². The first-order valence-electron chi connectivity index (χ1n) is 0.968. The molecule has 0 rings (SSSR count). The van der Waals surface area contributed by atoms with Crippen LogP contribution in [0.1, 0.15) is 0 Å². The summed E-state index contributed by atoms with van der Waals surface area (Å²) in [5.41, 5.74) is 0. The van der Waals surface area contributed by atoms with E-state index in [1.54, 1.807) is 0 Å².